The lowest BCUT2D eigenvalue weighted by Gasteiger charge is -2.05. The van der Waals surface area contributed by atoms with Gasteiger partial charge in [-0.1, -0.05) is 12.1 Å². The Bertz CT molecular complexity index is 952. The van der Waals surface area contributed by atoms with Gasteiger partial charge >= 0.3 is 0 Å². The number of nitrogen functional groups attached to an aromatic ring is 1. The van der Waals surface area contributed by atoms with E-state index in [4.69, 9.17) is 5.73 Å². The summed E-state index contributed by atoms with van der Waals surface area (Å²) in [6, 6.07) is 7.23. The average Bonchev–Trinajstić information content (AvgIpc) is 3.08. The zero-order chi connectivity index (χ0) is 18.5. The molecule has 0 bridgehead atoms. The number of hydrogen-bond donors (Lipinski definition) is 3. The highest BCUT2D eigenvalue weighted by molar-refractivity contribution is 6.05. The van der Waals surface area contributed by atoms with Gasteiger partial charge in [0.2, 0.25) is 0 Å². The van der Waals surface area contributed by atoms with Gasteiger partial charge in [0.15, 0.2) is 11.5 Å². The zero-order valence-corrected chi connectivity index (χ0v) is 14.0. The van der Waals surface area contributed by atoms with E-state index >= 15 is 0 Å². The largest absolute Gasteiger partial charge is 0.382 e. The molecule has 0 atom stereocenters. The molecule has 0 aliphatic carbocycles. The number of amides is 2. The van der Waals surface area contributed by atoms with E-state index in [0.717, 1.165) is 5.56 Å². The fourth-order valence-electron chi connectivity index (χ4n) is 2.37. The van der Waals surface area contributed by atoms with Gasteiger partial charge in [-0.25, -0.2) is 9.97 Å². The Morgan fingerprint density at radius 1 is 1.19 bits per heavy atom. The fraction of sp³-hybridized carbons (Fsp3) is 0.118. The summed E-state index contributed by atoms with van der Waals surface area (Å²) in [6.45, 7) is 0.452. The Balaban J connectivity index is 1.70. The molecular formula is C17H17N7O2. The Hall–Kier alpha value is -3.75. The van der Waals surface area contributed by atoms with E-state index in [-0.39, 0.29) is 17.4 Å². The average molecular weight is 351 g/mol. The van der Waals surface area contributed by atoms with E-state index in [0.29, 0.717) is 17.8 Å². The first-order chi connectivity index (χ1) is 12.6. The number of rotatable bonds is 5. The topological polar surface area (TPSA) is 128 Å². The quantitative estimate of drug-likeness (QED) is 0.627. The number of hydrogen-bond acceptors (Lipinski definition) is 6. The van der Waals surface area contributed by atoms with Crippen LogP contribution in [0.3, 0.4) is 0 Å². The van der Waals surface area contributed by atoms with Crippen molar-refractivity contribution in [2.75, 3.05) is 18.1 Å². The Kier molecular flexibility index (Phi) is 4.88. The van der Waals surface area contributed by atoms with Crippen molar-refractivity contribution >= 4 is 23.3 Å². The van der Waals surface area contributed by atoms with E-state index in [2.05, 4.69) is 25.7 Å². The zero-order valence-electron chi connectivity index (χ0n) is 14.0. The van der Waals surface area contributed by atoms with Crippen molar-refractivity contribution in [1.29, 1.82) is 0 Å². The van der Waals surface area contributed by atoms with Crippen LogP contribution in [0.4, 0.5) is 11.5 Å². The van der Waals surface area contributed by atoms with Crippen molar-refractivity contribution in [3.8, 4) is 0 Å². The van der Waals surface area contributed by atoms with Crippen molar-refractivity contribution in [2.24, 2.45) is 0 Å². The summed E-state index contributed by atoms with van der Waals surface area (Å²) < 4.78 is 1.65. The predicted octanol–water partition coefficient (Wildman–Crippen LogP) is 0.915. The lowest BCUT2D eigenvalue weighted by atomic mass is 10.1. The molecule has 2 amide bonds. The molecule has 26 heavy (non-hydrogen) atoms. The summed E-state index contributed by atoms with van der Waals surface area (Å²) >= 11 is 0. The standard InChI is InChI=1S/C17H17N7O2/c1-19-16(25)12-4-2-3-11(7-12)9-24-10-13(8-22-24)23-17(26)14-15(18)21-6-5-20-14/h2-8,10H,9H2,1H3,(H2,18,21)(H,19,25)(H,23,26). The van der Waals surface area contributed by atoms with Crippen LogP contribution in [0.1, 0.15) is 26.4 Å². The van der Waals surface area contributed by atoms with Crippen molar-refractivity contribution < 1.29 is 9.59 Å². The van der Waals surface area contributed by atoms with Crippen molar-refractivity contribution in [2.45, 2.75) is 6.54 Å². The lowest BCUT2D eigenvalue weighted by Crippen LogP contribution is -2.18. The van der Waals surface area contributed by atoms with E-state index < -0.39 is 5.91 Å². The molecule has 132 valence electrons. The molecule has 9 nitrogen and oxygen atoms in total. The molecule has 0 fully saturated rings. The second kappa shape index (κ2) is 7.43. The predicted molar refractivity (Wildman–Crippen MR) is 95.6 cm³/mol. The molecule has 3 rings (SSSR count). The number of aromatic nitrogens is 4. The summed E-state index contributed by atoms with van der Waals surface area (Å²) in [5, 5.41) is 9.47. The van der Waals surface area contributed by atoms with Crippen molar-refractivity contribution in [1.82, 2.24) is 25.1 Å². The van der Waals surface area contributed by atoms with Gasteiger partial charge in [0.1, 0.15) is 0 Å². The number of anilines is 2. The Morgan fingerprint density at radius 3 is 2.77 bits per heavy atom. The highest BCUT2D eigenvalue weighted by atomic mass is 16.2. The monoisotopic (exact) mass is 351 g/mol. The molecule has 0 radical (unpaired) electrons. The maximum Gasteiger partial charge on any atom is 0.278 e. The van der Waals surface area contributed by atoms with E-state index in [1.54, 1.807) is 30.1 Å². The summed E-state index contributed by atoms with van der Waals surface area (Å²) in [5.41, 5.74) is 7.68. The van der Waals surface area contributed by atoms with E-state index in [1.807, 2.05) is 12.1 Å². The molecule has 2 heterocycles. The third-order valence-corrected chi connectivity index (χ3v) is 3.59. The third kappa shape index (κ3) is 3.83. The van der Waals surface area contributed by atoms with Gasteiger partial charge in [-0.15, -0.1) is 0 Å². The molecule has 0 aliphatic rings. The van der Waals surface area contributed by atoms with Crippen molar-refractivity contribution in [3.05, 3.63) is 65.9 Å². The number of carbonyl (C=O) groups is 2. The first-order valence-electron chi connectivity index (χ1n) is 7.78. The van der Waals surface area contributed by atoms with Crippen LogP contribution in [0.25, 0.3) is 0 Å². The first kappa shape index (κ1) is 17.1. The fourth-order valence-corrected chi connectivity index (χ4v) is 2.37. The second-order valence-corrected chi connectivity index (χ2v) is 5.45. The van der Waals surface area contributed by atoms with Crippen LogP contribution in [-0.4, -0.2) is 38.6 Å². The molecule has 1 aromatic carbocycles. The van der Waals surface area contributed by atoms with Crippen LogP contribution in [0.2, 0.25) is 0 Å². The van der Waals surface area contributed by atoms with Gasteiger partial charge in [0.05, 0.1) is 18.4 Å². The van der Waals surface area contributed by atoms with Gasteiger partial charge in [-0.2, -0.15) is 5.10 Å². The smallest absolute Gasteiger partial charge is 0.278 e. The first-order valence-corrected chi connectivity index (χ1v) is 7.78. The number of carbonyl (C=O) groups excluding carboxylic acids is 2. The molecular weight excluding hydrogens is 334 g/mol. The second-order valence-electron chi connectivity index (χ2n) is 5.45. The van der Waals surface area contributed by atoms with Gasteiger partial charge < -0.3 is 16.4 Å². The Morgan fingerprint density at radius 2 is 2.00 bits per heavy atom. The van der Waals surface area contributed by atoms with Gasteiger partial charge in [-0.3, -0.25) is 14.3 Å². The van der Waals surface area contributed by atoms with Crippen LogP contribution >= 0.6 is 0 Å². The van der Waals surface area contributed by atoms with Gasteiger partial charge in [-0.05, 0) is 17.7 Å². The molecule has 0 saturated heterocycles. The SMILES string of the molecule is CNC(=O)c1cccc(Cn2cc(NC(=O)c3nccnc3N)cn2)c1. The summed E-state index contributed by atoms with van der Waals surface area (Å²) in [4.78, 5) is 31.6. The number of nitrogens with zero attached hydrogens (tertiary/aromatic N) is 4. The molecule has 4 N–H and O–H groups in total. The summed E-state index contributed by atoms with van der Waals surface area (Å²) in [6.07, 6.45) is 6.01. The molecule has 9 heteroatoms. The van der Waals surface area contributed by atoms with Crippen LogP contribution in [0.5, 0.6) is 0 Å². The minimum absolute atomic E-state index is 0.0542. The summed E-state index contributed by atoms with van der Waals surface area (Å²) in [5.74, 6) is -0.554. The molecule has 0 spiro atoms. The minimum atomic E-state index is -0.461. The molecule has 3 aromatic rings. The maximum absolute atomic E-state index is 12.2. The normalized spacial score (nSPS) is 10.3. The number of nitrogens with two attached hydrogens (primary N) is 1. The highest BCUT2D eigenvalue weighted by Gasteiger charge is 2.13. The Labute approximate surface area is 149 Å². The molecule has 0 saturated carbocycles. The van der Waals surface area contributed by atoms with Crippen LogP contribution in [0, 0.1) is 0 Å². The van der Waals surface area contributed by atoms with Gasteiger partial charge in [0, 0.05) is 31.2 Å². The molecule has 0 aliphatic heterocycles. The lowest BCUT2D eigenvalue weighted by molar-refractivity contribution is 0.0962. The maximum atomic E-state index is 12.2. The molecule has 0 unspecified atom stereocenters. The van der Waals surface area contributed by atoms with Gasteiger partial charge in [0.25, 0.3) is 11.8 Å². The van der Waals surface area contributed by atoms with Crippen LogP contribution < -0.4 is 16.4 Å². The van der Waals surface area contributed by atoms with Crippen LogP contribution in [0.15, 0.2) is 49.1 Å². The number of benzene rings is 1. The number of nitrogens with one attached hydrogen (secondary N) is 2. The third-order valence-electron chi connectivity index (χ3n) is 3.59. The van der Waals surface area contributed by atoms with Crippen LogP contribution in [-0.2, 0) is 6.54 Å². The highest BCUT2D eigenvalue weighted by Crippen LogP contribution is 2.12. The van der Waals surface area contributed by atoms with E-state index in [1.165, 1.54) is 18.6 Å². The summed E-state index contributed by atoms with van der Waals surface area (Å²) in [7, 11) is 1.58. The molecule has 2 aromatic heterocycles. The van der Waals surface area contributed by atoms with Crippen molar-refractivity contribution in [3.63, 3.8) is 0 Å². The van der Waals surface area contributed by atoms with E-state index in [9.17, 15) is 9.59 Å². The minimum Gasteiger partial charge on any atom is -0.382 e.